The summed E-state index contributed by atoms with van der Waals surface area (Å²) in [6, 6.07) is 7.69. The van der Waals surface area contributed by atoms with Gasteiger partial charge in [0, 0.05) is 42.9 Å². The predicted molar refractivity (Wildman–Crippen MR) is 228 cm³/mol. The normalized spacial score (nSPS) is 10.6. The molecule has 0 aromatic heterocycles. The van der Waals surface area contributed by atoms with Crippen molar-refractivity contribution in [1.29, 1.82) is 0 Å². The van der Waals surface area contributed by atoms with Gasteiger partial charge in [-0.15, -0.1) is 0 Å². The van der Waals surface area contributed by atoms with Gasteiger partial charge < -0.3 is 26.1 Å². The number of amides is 1. The molecule has 0 bridgehead atoms. The lowest BCUT2D eigenvalue weighted by Gasteiger charge is -2.21. The van der Waals surface area contributed by atoms with Crippen molar-refractivity contribution in [3.63, 3.8) is 0 Å². The number of carbonyl (C=O) groups is 2. The van der Waals surface area contributed by atoms with E-state index in [-0.39, 0.29) is 12.3 Å². The minimum atomic E-state index is -0.426. The van der Waals surface area contributed by atoms with E-state index >= 15 is 0 Å². The first kappa shape index (κ1) is 55.8. The molecular weight excluding hydrogens is 617 g/mol. The van der Waals surface area contributed by atoms with E-state index in [2.05, 4.69) is 102 Å². The van der Waals surface area contributed by atoms with Gasteiger partial charge in [-0.2, -0.15) is 0 Å². The summed E-state index contributed by atoms with van der Waals surface area (Å²) in [5, 5.41) is 12.6. The molecule has 1 atom stereocenters. The van der Waals surface area contributed by atoms with Gasteiger partial charge in [-0.25, -0.2) is 0 Å². The van der Waals surface area contributed by atoms with Crippen LogP contribution in [0.5, 0.6) is 0 Å². The highest BCUT2D eigenvalue weighted by molar-refractivity contribution is 5.77. The van der Waals surface area contributed by atoms with Crippen LogP contribution in [-0.4, -0.2) is 43.9 Å². The van der Waals surface area contributed by atoms with Gasteiger partial charge in [0.05, 0.1) is 6.04 Å². The van der Waals surface area contributed by atoms with Crippen LogP contribution in [0, 0.1) is 0 Å². The molecule has 6 heteroatoms. The molecular formula is C44H80N4O2. The van der Waals surface area contributed by atoms with Crippen molar-refractivity contribution in [2.24, 2.45) is 0 Å². The highest BCUT2D eigenvalue weighted by Gasteiger charge is 2.15. The van der Waals surface area contributed by atoms with Crippen LogP contribution in [0.1, 0.15) is 140 Å². The number of rotatable bonds is 17. The summed E-state index contributed by atoms with van der Waals surface area (Å²) in [5.74, 6) is -0.107. The molecule has 1 amide bonds. The molecule has 1 aromatic rings. The highest BCUT2D eigenvalue weighted by Crippen LogP contribution is 2.18. The third-order valence-corrected chi connectivity index (χ3v) is 5.98. The zero-order chi connectivity index (χ0) is 40.0. The van der Waals surface area contributed by atoms with Crippen LogP contribution in [0.3, 0.4) is 0 Å². The Morgan fingerprint density at radius 1 is 0.900 bits per heavy atom. The van der Waals surface area contributed by atoms with Crippen molar-refractivity contribution in [2.75, 3.05) is 20.1 Å². The van der Waals surface area contributed by atoms with E-state index < -0.39 is 6.04 Å². The third-order valence-electron chi connectivity index (χ3n) is 5.98. The summed E-state index contributed by atoms with van der Waals surface area (Å²) in [5.41, 5.74) is 5.89. The van der Waals surface area contributed by atoms with Crippen molar-refractivity contribution in [3.05, 3.63) is 97.3 Å². The van der Waals surface area contributed by atoms with Gasteiger partial charge in [0.1, 0.15) is 6.29 Å². The highest BCUT2D eigenvalue weighted by atomic mass is 16.1. The van der Waals surface area contributed by atoms with Gasteiger partial charge >= 0.3 is 0 Å². The van der Waals surface area contributed by atoms with E-state index in [1.807, 2.05) is 85.0 Å². The molecule has 0 aliphatic carbocycles. The van der Waals surface area contributed by atoms with Crippen LogP contribution in [0.25, 0.3) is 11.3 Å². The molecule has 1 rings (SSSR count). The SMILES string of the molecule is C=C/C=C(\C)CCC(=O)NC(CC=O)C(=C)NCCCNC(=C)c1cccc(C(=C)/C=C\C)c1.CC.CC.CCC.CCC.CNC(C)(C)C. The molecule has 0 aliphatic heterocycles. The number of aldehydes is 1. The smallest absolute Gasteiger partial charge is 0.220 e. The van der Waals surface area contributed by atoms with Crippen LogP contribution in [0.2, 0.25) is 0 Å². The van der Waals surface area contributed by atoms with Crippen molar-refractivity contribution in [2.45, 2.75) is 140 Å². The van der Waals surface area contributed by atoms with Crippen molar-refractivity contribution in [3.8, 4) is 0 Å². The number of benzene rings is 1. The maximum absolute atomic E-state index is 12.3. The Morgan fingerprint density at radius 2 is 1.40 bits per heavy atom. The maximum Gasteiger partial charge on any atom is 0.220 e. The summed E-state index contributed by atoms with van der Waals surface area (Å²) in [4.78, 5) is 23.3. The maximum atomic E-state index is 12.3. The van der Waals surface area contributed by atoms with E-state index in [1.54, 1.807) is 6.08 Å². The Kier molecular flexibility index (Phi) is 44.4. The topological polar surface area (TPSA) is 82.3 Å². The Balaban J connectivity index is -0.000000355. The molecule has 50 heavy (non-hydrogen) atoms. The molecule has 0 radical (unpaired) electrons. The molecule has 1 unspecified atom stereocenters. The Labute approximate surface area is 311 Å². The Morgan fingerprint density at radius 3 is 1.86 bits per heavy atom. The van der Waals surface area contributed by atoms with Crippen molar-refractivity contribution >= 4 is 23.5 Å². The van der Waals surface area contributed by atoms with Crippen LogP contribution < -0.4 is 21.3 Å². The Bertz CT molecular complexity index is 1080. The van der Waals surface area contributed by atoms with Crippen LogP contribution >= 0.6 is 0 Å². The van der Waals surface area contributed by atoms with Gasteiger partial charge in [0.15, 0.2) is 0 Å². The first-order valence-corrected chi connectivity index (χ1v) is 18.7. The van der Waals surface area contributed by atoms with Crippen molar-refractivity contribution < 1.29 is 9.59 Å². The van der Waals surface area contributed by atoms with E-state index in [1.165, 1.54) is 12.8 Å². The number of carbonyl (C=O) groups excluding carboxylic acids is 2. The van der Waals surface area contributed by atoms with Gasteiger partial charge in [0.2, 0.25) is 5.91 Å². The first-order chi connectivity index (χ1) is 23.7. The summed E-state index contributed by atoms with van der Waals surface area (Å²) < 4.78 is 0. The summed E-state index contributed by atoms with van der Waals surface area (Å²) >= 11 is 0. The number of hydrogen-bond donors (Lipinski definition) is 4. The third kappa shape index (κ3) is 37.2. The van der Waals surface area contributed by atoms with E-state index in [0.29, 0.717) is 30.6 Å². The molecule has 1 aromatic carbocycles. The minimum Gasteiger partial charge on any atom is -0.387 e. The average molecular weight is 697 g/mol. The van der Waals surface area contributed by atoms with Crippen LogP contribution in [0.4, 0.5) is 0 Å². The fourth-order valence-electron chi connectivity index (χ4n) is 3.25. The molecule has 6 nitrogen and oxygen atoms in total. The second-order valence-corrected chi connectivity index (χ2v) is 12.0. The van der Waals surface area contributed by atoms with Gasteiger partial charge in [0.25, 0.3) is 0 Å². The van der Waals surface area contributed by atoms with E-state index in [9.17, 15) is 9.59 Å². The molecule has 0 saturated heterocycles. The summed E-state index contributed by atoms with van der Waals surface area (Å²) in [6.07, 6.45) is 12.8. The van der Waals surface area contributed by atoms with Crippen molar-refractivity contribution in [1.82, 2.24) is 21.3 Å². The predicted octanol–water partition coefficient (Wildman–Crippen LogP) is 11.2. The standard InChI is InChI=1S/C29H39N3O2.C5H13N.2C3H8.2C2H6/c1-7-11-22(3)15-16-29(34)32-28(17-20-33)25(6)31-19-10-18-30-24(5)27-14-9-13-26(21-27)23(4)12-8-2;1-5(2,3)6-4;2*1-3-2;2*1-2/h7-9,11-14,20-21,28,30-31H,1,4-6,10,15-19H2,2-3H3,(H,32,34);6H,1-4H3;2*3H2,1-2H3;2*1-2H3/b12-8-,22-11+;;;;;. The largest absolute Gasteiger partial charge is 0.387 e. The lowest BCUT2D eigenvalue weighted by Crippen LogP contribution is -2.40. The molecule has 0 fully saturated rings. The molecule has 4 N–H and O–H groups in total. The average Bonchev–Trinajstić information content (AvgIpc) is 3.09. The van der Waals surface area contributed by atoms with Gasteiger partial charge in [-0.05, 0) is 77.3 Å². The van der Waals surface area contributed by atoms with Crippen LogP contribution in [-0.2, 0) is 9.59 Å². The molecule has 0 aliphatic rings. The first-order valence-electron chi connectivity index (χ1n) is 18.7. The van der Waals surface area contributed by atoms with E-state index in [0.717, 1.165) is 47.2 Å². The molecule has 0 saturated carbocycles. The lowest BCUT2D eigenvalue weighted by atomic mass is 10.0. The number of nitrogens with one attached hydrogen (secondary N) is 4. The van der Waals surface area contributed by atoms with Gasteiger partial charge in [-0.3, -0.25) is 4.79 Å². The minimum absolute atomic E-state index is 0.107. The van der Waals surface area contributed by atoms with Gasteiger partial charge in [-0.1, -0.05) is 143 Å². The van der Waals surface area contributed by atoms with Crippen LogP contribution in [0.15, 0.2) is 86.2 Å². The monoisotopic (exact) mass is 697 g/mol. The molecule has 288 valence electrons. The Hall–Kier alpha value is -3.64. The lowest BCUT2D eigenvalue weighted by molar-refractivity contribution is -0.121. The summed E-state index contributed by atoms with van der Waals surface area (Å²) in [7, 11) is 1.96. The fourth-order valence-corrected chi connectivity index (χ4v) is 3.25. The number of hydrogen-bond acceptors (Lipinski definition) is 5. The number of allylic oxidation sites excluding steroid dienone is 6. The quantitative estimate of drug-likeness (QED) is 0.0740. The zero-order valence-corrected chi connectivity index (χ0v) is 35.1. The molecule has 0 heterocycles. The van der Waals surface area contributed by atoms with E-state index in [4.69, 9.17) is 0 Å². The fraction of sp³-hybridized carbons (Fsp3) is 0.545. The zero-order valence-electron chi connectivity index (χ0n) is 35.1. The summed E-state index contributed by atoms with van der Waals surface area (Å²) in [6.45, 7) is 44.1. The second-order valence-electron chi connectivity index (χ2n) is 12.0. The molecule has 0 spiro atoms. The second kappa shape index (κ2) is 39.8.